The molecule has 10 atom stereocenters. The molecule has 0 aliphatic heterocycles. The number of carboxylic acid groups (broad SMARTS) is 1. The molecule has 4 aliphatic rings. The molecule has 1 aromatic heterocycles. The number of carboxylic acids is 1. The van der Waals surface area contributed by atoms with Gasteiger partial charge in [-0.05, 0) is 104 Å². The standard InChI is InChI=1S/C28H44N2O4/c1-4-20-23-14-19(31)9-11-28(23,3)22-10-12-27(2)18(7-8-21(27)24(22)25(20)32)6-5-13-30-16-17(15-29-30)26(33)34/h15-16,18-25,31-32H,4-14H2,1-3H3,(H,33,34)/t18-,19+,20+,21-,22-,23?,24-,25+,27+,28+/m0/s1. The zero-order valence-electron chi connectivity index (χ0n) is 21.2. The molecule has 0 aromatic carbocycles. The van der Waals surface area contributed by atoms with Crippen LogP contribution in [0.4, 0.5) is 0 Å². The van der Waals surface area contributed by atoms with Crippen LogP contribution in [-0.2, 0) is 6.54 Å². The highest BCUT2D eigenvalue weighted by Gasteiger charge is 2.64. The van der Waals surface area contributed by atoms with Gasteiger partial charge >= 0.3 is 5.97 Å². The van der Waals surface area contributed by atoms with Crippen LogP contribution < -0.4 is 0 Å². The van der Waals surface area contributed by atoms with E-state index in [9.17, 15) is 15.0 Å². The van der Waals surface area contributed by atoms with E-state index in [-0.39, 0.29) is 28.6 Å². The molecule has 4 saturated carbocycles. The van der Waals surface area contributed by atoms with Gasteiger partial charge < -0.3 is 15.3 Å². The van der Waals surface area contributed by atoms with Crippen LogP contribution in [0.3, 0.4) is 0 Å². The van der Waals surface area contributed by atoms with Gasteiger partial charge in [0.2, 0.25) is 0 Å². The molecule has 190 valence electrons. The molecule has 4 fully saturated rings. The Bertz CT molecular complexity index is 901. The molecule has 0 spiro atoms. The van der Waals surface area contributed by atoms with E-state index in [0.29, 0.717) is 35.5 Å². The number of rotatable bonds is 6. The number of aryl methyl sites for hydroxylation is 1. The Morgan fingerprint density at radius 2 is 1.82 bits per heavy atom. The average molecular weight is 473 g/mol. The maximum absolute atomic E-state index is 11.8. The van der Waals surface area contributed by atoms with Crippen molar-refractivity contribution in [2.45, 2.75) is 104 Å². The fraction of sp³-hybridized carbons (Fsp3) is 0.857. The molecule has 4 aliphatic carbocycles. The van der Waals surface area contributed by atoms with Gasteiger partial charge in [0, 0.05) is 12.7 Å². The number of aromatic carboxylic acids is 1. The molecule has 34 heavy (non-hydrogen) atoms. The first-order chi connectivity index (χ1) is 16.2. The van der Waals surface area contributed by atoms with E-state index < -0.39 is 5.97 Å². The Labute approximate surface area is 204 Å². The molecule has 1 unspecified atom stereocenters. The van der Waals surface area contributed by atoms with Crippen molar-refractivity contribution in [2.75, 3.05) is 0 Å². The Kier molecular flexibility index (Phi) is 6.37. The number of aliphatic hydroxyl groups excluding tert-OH is 2. The second kappa shape index (κ2) is 8.92. The van der Waals surface area contributed by atoms with E-state index in [1.807, 2.05) is 0 Å². The van der Waals surface area contributed by atoms with Crippen molar-refractivity contribution >= 4 is 5.97 Å². The topological polar surface area (TPSA) is 95.6 Å². The third-order valence-electron chi connectivity index (χ3n) is 11.4. The van der Waals surface area contributed by atoms with Crippen LogP contribution in [0.15, 0.2) is 12.4 Å². The average Bonchev–Trinajstić information content (AvgIpc) is 3.40. The zero-order valence-corrected chi connectivity index (χ0v) is 21.2. The molecule has 0 radical (unpaired) electrons. The van der Waals surface area contributed by atoms with Crippen LogP contribution in [0.2, 0.25) is 0 Å². The summed E-state index contributed by atoms with van der Waals surface area (Å²) in [5.41, 5.74) is 0.796. The summed E-state index contributed by atoms with van der Waals surface area (Å²) >= 11 is 0. The van der Waals surface area contributed by atoms with Gasteiger partial charge in [0.1, 0.15) is 0 Å². The van der Waals surface area contributed by atoms with Crippen LogP contribution in [0, 0.1) is 46.3 Å². The predicted molar refractivity (Wildman–Crippen MR) is 130 cm³/mol. The van der Waals surface area contributed by atoms with Gasteiger partial charge in [-0.25, -0.2) is 4.79 Å². The largest absolute Gasteiger partial charge is 0.478 e. The van der Waals surface area contributed by atoms with E-state index in [4.69, 9.17) is 5.11 Å². The maximum atomic E-state index is 11.8. The molecular weight excluding hydrogens is 428 g/mol. The third kappa shape index (κ3) is 3.75. The quantitative estimate of drug-likeness (QED) is 0.542. The van der Waals surface area contributed by atoms with Crippen molar-refractivity contribution in [2.24, 2.45) is 46.3 Å². The van der Waals surface area contributed by atoms with Crippen LogP contribution in [0.25, 0.3) is 0 Å². The number of hydrogen-bond donors (Lipinski definition) is 3. The number of hydrogen-bond acceptors (Lipinski definition) is 4. The Balaban J connectivity index is 1.30. The van der Waals surface area contributed by atoms with Gasteiger partial charge in [-0.2, -0.15) is 5.10 Å². The Morgan fingerprint density at radius 3 is 2.53 bits per heavy atom. The molecule has 5 rings (SSSR count). The number of fused-ring (bicyclic) bond motifs is 5. The third-order valence-corrected chi connectivity index (χ3v) is 11.4. The molecule has 3 N–H and O–H groups in total. The smallest absolute Gasteiger partial charge is 0.338 e. The lowest BCUT2D eigenvalue weighted by Gasteiger charge is -2.64. The first-order valence-electron chi connectivity index (χ1n) is 13.8. The van der Waals surface area contributed by atoms with E-state index in [0.717, 1.165) is 45.1 Å². The summed E-state index contributed by atoms with van der Waals surface area (Å²) in [6.45, 7) is 8.01. The summed E-state index contributed by atoms with van der Waals surface area (Å²) in [6, 6.07) is 0. The lowest BCUT2D eigenvalue weighted by Crippen LogP contribution is -2.62. The minimum absolute atomic E-state index is 0.193. The number of nitrogens with zero attached hydrogens (tertiary/aromatic N) is 2. The van der Waals surface area contributed by atoms with Crippen molar-refractivity contribution in [3.05, 3.63) is 18.0 Å². The molecule has 0 bridgehead atoms. The number of aromatic nitrogens is 2. The molecule has 0 saturated heterocycles. The Hall–Kier alpha value is -1.40. The summed E-state index contributed by atoms with van der Waals surface area (Å²) in [6.07, 6.45) is 13.6. The van der Waals surface area contributed by atoms with E-state index in [2.05, 4.69) is 25.9 Å². The van der Waals surface area contributed by atoms with Gasteiger partial charge in [0.15, 0.2) is 0 Å². The molecule has 6 nitrogen and oxygen atoms in total. The van der Waals surface area contributed by atoms with E-state index >= 15 is 0 Å². The molecule has 6 heteroatoms. The van der Waals surface area contributed by atoms with Crippen LogP contribution >= 0.6 is 0 Å². The van der Waals surface area contributed by atoms with Crippen molar-refractivity contribution in [1.82, 2.24) is 9.78 Å². The van der Waals surface area contributed by atoms with Gasteiger partial charge in [0.25, 0.3) is 0 Å². The SMILES string of the molecule is CC[C@@H]1C2C[C@H](O)CC[C@]2(C)[C@H]2CC[C@]3(C)[C@@H](CCCn4cc(C(=O)O)cn4)CC[C@H]3[C@@H]2[C@@H]1O. The van der Waals surface area contributed by atoms with Crippen LogP contribution in [0.1, 0.15) is 95.3 Å². The summed E-state index contributed by atoms with van der Waals surface area (Å²) in [4.78, 5) is 11.1. The van der Waals surface area contributed by atoms with Crippen LogP contribution in [0.5, 0.6) is 0 Å². The second-order valence-corrected chi connectivity index (χ2v) is 12.7. The molecular formula is C28H44N2O4. The van der Waals surface area contributed by atoms with Gasteiger partial charge in [0.05, 0.1) is 24.0 Å². The minimum atomic E-state index is -0.922. The first-order valence-corrected chi connectivity index (χ1v) is 13.8. The highest BCUT2D eigenvalue weighted by atomic mass is 16.4. The zero-order chi connectivity index (χ0) is 24.3. The maximum Gasteiger partial charge on any atom is 0.338 e. The monoisotopic (exact) mass is 472 g/mol. The number of carbonyl (C=O) groups is 1. The summed E-state index contributed by atoms with van der Waals surface area (Å²) < 4.78 is 1.77. The summed E-state index contributed by atoms with van der Waals surface area (Å²) in [5, 5.41) is 35.6. The molecule has 1 heterocycles. The fourth-order valence-electron chi connectivity index (χ4n) is 9.64. The van der Waals surface area contributed by atoms with Gasteiger partial charge in [-0.3, -0.25) is 4.68 Å². The fourth-order valence-corrected chi connectivity index (χ4v) is 9.64. The lowest BCUT2D eigenvalue weighted by molar-refractivity contribution is -0.202. The second-order valence-electron chi connectivity index (χ2n) is 12.7. The van der Waals surface area contributed by atoms with Crippen LogP contribution in [-0.4, -0.2) is 43.3 Å². The first kappa shape index (κ1) is 24.3. The van der Waals surface area contributed by atoms with Gasteiger partial charge in [-0.15, -0.1) is 0 Å². The van der Waals surface area contributed by atoms with E-state index in [1.54, 1.807) is 10.9 Å². The normalized spacial score (nSPS) is 45.9. The molecule has 0 amide bonds. The summed E-state index contributed by atoms with van der Waals surface area (Å²) in [7, 11) is 0. The minimum Gasteiger partial charge on any atom is -0.478 e. The highest BCUT2D eigenvalue weighted by Crippen LogP contribution is 2.69. The lowest BCUT2D eigenvalue weighted by atomic mass is 9.41. The van der Waals surface area contributed by atoms with Gasteiger partial charge in [-0.1, -0.05) is 27.2 Å². The van der Waals surface area contributed by atoms with Crippen molar-refractivity contribution in [3.63, 3.8) is 0 Å². The predicted octanol–water partition coefficient (Wildman–Crippen LogP) is 4.99. The van der Waals surface area contributed by atoms with E-state index in [1.165, 1.54) is 31.9 Å². The summed E-state index contributed by atoms with van der Waals surface area (Å²) in [5.74, 6) is 2.07. The number of aliphatic hydroxyl groups is 2. The highest BCUT2D eigenvalue weighted by molar-refractivity contribution is 5.86. The van der Waals surface area contributed by atoms with Crippen molar-refractivity contribution in [1.29, 1.82) is 0 Å². The van der Waals surface area contributed by atoms with Crippen molar-refractivity contribution in [3.8, 4) is 0 Å². The van der Waals surface area contributed by atoms with Crippen molar-refractivity contribution < 1.29 is 20.1 Å². The Morgan fingerprint density at radius 1 is 1.09 bits per heavy atom. The molecule has 1 aromatic rings.